The average molecular weight is 538 g/mol. The van der Waals surface area contributed by atoms with Gasteiger partial charge in [-0.15, -0.1) is 0 Å². The zero-order valence-corrected chi connectivity index (χ0v) is 23.3. The van der Waals surface area contributed by atoms with Crippen LogP contribution >= 0.6 is 0 Å². The summed E-state index contributed by atoms with van der Waals surface area (Å²) in [7, 11) is -3.77. The summed E-state index contributed by atoms with van der Waals surface area (Å²) in [6, 6.07) is 23.8. The number of sulfonamides is 1. The third kappa shape index (κ3) is 5.82. The Kier molecular flexibility index (Phi) is 7.16. The van der Waals surface area contributed by atoms with Gasteiger partial charge in [-0.25, -0.2) is 18.1 Å². The summed E-state index contributed by atoms with van der Waals surface area (Å²) in [6.45, 7) is 7.91. The van der Waals surface area contributed by atoms with Crippen LogP contribution in [0.3, 0.4) is 0 Å². The van der Waals surface area contributed by atoms with Gasteiger partial charge in [-0.2, -0.15) is 0 Å². The lowest BCUT2D eigenvalue weighted by Gasteiger charge is -2.21. The first-order valence-corrected chi connectivity index (χ1v) is 14.2. The predicted octanol–water partition coefficient (Wildman–Crippen LogP) is 6.36. The summed E-state index contributed by atoms with van der Waals surface area (Å²) in [5, 5.41) is 5.51. The minimum atomic E-state index is -3.77. The summed E-state index contributed by atoms with van der Waals surface area (Å²) < 4.78 is 28.8. The lowest BCUT2D eigenvalue weighted by molar-refractivity contribution is 0.491. The second kappa shape index (κ2) is 10.6. The van der Waals surface area contributed by atoms with E-state index in [9.17, 15) is 8.42 Å². The van der Waals surface area contributed by atoms with Gasteiger partial charge in [-0.3, -0.25) is 9.97 Å². The number of hydrogen-bond acceptors (Lipinski definition) is 6. The van der Waals surface area contributed by atoms with Gasteiger partial charge in [-0.1, -0.05) is 54.6 Å². The van der Waals surface area contributed by atoms with Crippen LogP contribution < -0.4 is 10.0 Å². The molecule has 0 saturated heterocycles. The number of fused-ring (bicyclic) bond motifs is 1. The first kappa shape index (κ1) is 26.5. The number of aromatic nitrogens is 3. The maximum Gasteiger partial charge on any atom is 0.242 e. The number of rotatable bonds is 7. The Hall–Kier alpha value is -4.14. The fourth-order valence-electron chi connectivity index (χ4n) is 4.60. The van der Waals surface area contributed by atoms with Crippen molar-refractivity contribution in [2.24, 2.45) is 0 Å². The normalized spacial score (nSPS) is 12.0. The van der Waals surface area contributed by atoms with Crippen LogP contribution in [0.2, 0.25) is 0 Å². The molecule has 3 aromatic heterocycles. The Labute approximate surface area is 229 Å². The molecule has 0 saturated carbocycles. The molecule has 0 atom stereocenters. The van der Waals surface area contributed by atoms with Crippen molar-refractivity contribution in [3.05, 3.63) is 103 Å². The van der Waals surface area contributed by atoms with Crippen LogP contribution in [0.4, 0.5) is 5.82 Å². The highest BCUT2D eigenvalue weighted by Gasteiger charge is 2.24. The fraction of sp³-hybridized carbons (Fsp3) is 0.194. The molecule has 39 heavy (non-hydrogen) atoms. The Morgan fingerprint density at radius 3 is 2.36 bits per heavy atom. The van der Waals surface area contributed by atoms with Gasteiger partial charge in [0.2, 0.25) is 10.0 Å². The van der Waals surface area contributed by atoms with E-state index in [1.165, 1.54) is 6.20 Å². The minimum absolute atomic E-state index is 0.0947. The van der Waals surface area contributed by atoms with Gasteiger partial charge < -0.3 is 5.32 Å². The molecule has 2 N–H and O–H groups in total. The summed E-state index contributed by atoms with van der Waals surface area (Å²) in [6.07, 6.45) is 4.78. The lowest BCUT2D eigenvalue weighted by Crippen LogP contribution is -2.40. The van der Waals surface area contributed by atoms with E-state index in [1.807, 2.05) is 49.4 Å². The van der Waals surface area contributed by atoms with Crippen molar-refractivity contribution in [2.75, 3.05) is 5.32 Å². The van der Waals surface area contributed by atoms with Crippen molar-refractivity contribution in [1.29, 1.82) is 0 Å². The molecule has 2 aromatic carbocycles. The summed E-state index contributed by atoms with van der Waals surface area (Å²) >= 11 is 0. The number of pyridine rings is 3. The monoisotopic (exact) mass is 537 g/mol. The Morgan fingerprint density at radius 1 is 0.872 bits per heavy atom. The molecule has 0 bridgehead atoms. The highest BCUT2D eigenvalue weighted by molar-refractivity contribution is 7.89. The Balaban J connectivity index is 1.69. The number of nitrogens with zero attached hydrogens (tertiary/aromatic N) is 3. The van der Waals surface area contributed by atoms with Crippen molar-refractivity contribution in [1.82, 2.24) is 19.7 Å². The molecule has 0 fully saturated rings. The molecule has 0 spiro atoms. The van der Waals surface area contributed by atoms with Gasteiger partial charge in [0.25, 0.3) is 0 Å². The molecule has 0 aliphatic heterocycles. The third-order valence-electron chi connectivity index (χ3n) is 6.27. The molecular formula is C31H31N5O2S. The van der Waals surface area contributed by atoms with Crippen LogP contribution in [0.25, 0.3) is 33.2 Å². The van der Waals surface area contributed by atoms with Crippen LogP contribution in [0.15, 0.2) is 96.3 Å². The molecule has 0 amide bonds. The molecule has 0 radical (unpaired) electrons. The maximum absolute atomic E-state index is 13.1. The van der Waals surface area contributed by atoms with Crippen molar-refractivity contribution in [3.63, 3.8) is 0 Å². The van der Waals surface area contributed by atoms with Crippen LogP contribution in [-0.4, -0.2) is 28.9 Å². The summed E-state index contributed by atoms with van der Waals surface area (Å²) in [5.74, 6) is 0.691. The van der Waals surface area contributed by atoms with Crippen molar-refractivity contribution in [3.8, 4) is 22.4 Å². The minimum Gasteiger partial charge on any atom is -0.364 e. The first-order valence-electron chi connectivity index (χ1n) is 12.7. The van der Waals surface area contributed by atoms with Crippen LogP contribution in [-0.2, 0) is 16.6 Å². The Morgan fingerprint density at radius 2 is 1.64 bits per heavy atom. The van der Waals surface area contributed by atoms with Crippen LogP contribution in [0.1, 0.15) is 32.0 Å². The number of aryl methyl sites for hydroxylation is 1. The molecule has 5 aromatic rings. The van der Waals surface area contributed by atoms with Gasteiger partial charge in [0.05, 0.1) is 17.9 Å². The number of anilines is 1. The molecule has 0 aliphatic carbocycles. The first-order chi connectivity index (χ1) is 18.6. The van der Waals surface area contributed by atoms with E-state index in [0.717, 1.165) is 33.2 Å². The van der Waals surface area contributed by atoms with E-state index in [0.29, 0.717) is 23.6 Å². The SMILES string of the molecule is Cc1c(-c2cncc(S(=O)(=O)NC(C)(C)C)c2)nc(NCc2ccccn2)c2c(-c3ccccc3)cccc12. The zero-order chi connectivity index (χ0) is 27.6. The molecule has 7 nitrogen and oxygen atoms in total. The van der Waals surface area contributed by atoms with Gasteiger partial charge in [0.1, 0.15) is 10.7 Å². The molecule has 3 heterocycles. The van der Waals surface area contributed by atoms with Crippen LogP contribution in [0, 0.1) is 6.92 Å². The lowest BCUT2D eigenvalue weighted by atomic mass is 9.94. The third-order valence-corrected chi connectivity index (χ3v) is 7.99. The topological polar surface area (TPSA) is 96.9 Å². The van der Waals surface area contributed by atoms with Gasteiger partial charge >= 0.3 is 0 Å². The molecular weight excluding hydrogens is 506 g/mol. The highest BCUT2D eigenvalue weighted by Crippen LogP contribution is 2.38. The van der Waals surface area contributed by atoms with Gasteiger partial charge in [0, 0.05) is 35.1 Å². The van der Waals surface area contributed by atoms with Crippen molar-refractivity contribution >= 4 is 26.6 Å². The molecule has 0 aliphatic rings. The van der Waals surface area contributed by atoms with E-state index < -0.39 is 15.6 Å². The Bertz CT molecular complexity index is 1730. The number of hydrogen-bond donors (Lipinski definition) is 2. The zero-order valence-electron chi connectivity index (χ0n) is 22.4. The highest BCUT2D eigenvalue weighted by atomic mass is 32.2. The average Bonchev–Trinajstić information content (AvgIpc) is 2.92. The quantitative estimate of drug-likeness (QED) is 0.251. The number of nitrogens with one attached hydrogen (secondary N) is 2. The smallest absolute Gasteiger partial charge is 0.242 e. The second-order valence-electron chi connectivity index (χ2n) is 10.5. The second-order valence-corrected chi connectivity index (χ2v) is 12.2. The van der Waals surface area contributed by atoms with E-state index >= 15 is 0 Å². The maximum atomic E-state index is 13.1. The molecule has 0 unspecified atom stereocenters. The summed E-state index contributed by atoms with van der Waals surface area (Å²) in [5.41, 5.74) is 4.63. The van der Waals surface area contributed by atoms with E-state index in [4.69, 9.17) is 4.98 Å². The van der Waals surface area contributed by atoms with E-state index in [2.05, 4.69) is 44.3 Å². The van der Waals surface area contributed by atoms with Gasteiger partial charge in [0.15, 0.2) is 0 Å². The van der Waals surface area contributed by atoms with Crippen molar-refractivity contribution < 1.29 is 8.42 Å². The van der Waals surface area contributed by atoms with E-state index in [-0.39, 0.29) is 4.90 Å². The van der Waals surface area contributed by atoms with E-state index in [1.54, 1.807) is 39.2 Å². The largest absolute Gasteiger partial charge is 0.364 e. The fourth-order valence-corrected chi connectivity index (χ4v) is 6.01. The van der Waals surface area contributed by atoms with Crippen LogP contribution in [0.5, 0.6) is 0 Å². The standard InChI is InChI=1S/C31H31N5O2S/c1-21-26-14-10-15-27(22-11-6-5-7-12-22)28(26)30(34-19-24-13-8-9-16-33-24)35-29(21)23-17-25(20-32-18-23)39(37,38)36-31(2,3)4/h5-18,20,36H,19H2,1-4H3,(H,34,35). The molecule has 5 rings (SSSR count). The summed E-state index contributed by atoms with van der Waals surface area (Å²) in [4.78, 5) is 13.9. The van der Waals surface area contributed by atoms with Crippen molar-refractivity contribution in [2.45, 2.75) is 44.7 Å². The molecule has 198 valence electrons. The number of benzene rings is 2. The predicted molar refractivity (Wildman–Crippen MR) is 157 cm³/mol. The molecule has 8 heteroatoms. The van der Waals surface area contributed by atoms with Gasteiger partial charge in [-0.05, 0) is 68.0 Å².